The van der Waals surface area contributed by atoms with Gasteiger partial charge >= 0.3 is 0 Å². The Morgan fingerprint density at radius 3 is 2.31 bits per heavy atom. The van der Waals surface area contributed by atoms with Crippen LogP contribution in [0.25, 0.3) is 0 Å². The maximum Gasteiger partial charge on any atom is 0.126 e. The average molecular weight is 218 g/mol. The summed E-state index contributed by atoms with van der Waals surface area (Å²) in [6.45, 7) is 13.3. The highest BCUT2D eigenvalue weighted by molar-refractivity contribution is 5.49. The minimum atomic E-state index is -0.0590. The molecule has 1 aromatic rings. The third-order valence-corrected chi connectivity index (χ3v) is 3.39. The fourth-order valence-corrected chi connectivity index (χ4v) is 3.06. The molecular formula is C15H22O. The van der Waals surface area contributed by atoms with E-state index < -0.39 is 0 Å². The van der Waals surface area contributed by atoms with Crippen LogP contribution >= 0.6 is 0 Å². The number of ether oxygens (including phenoxy) is 1. The maximum atomic E-state index is 6.14. The molecule has 0 aliphatic carbocycles. The largest absolute Gasteiger partial charge is 0.487 e. The van der Waals surface area contributed by atoms with Gasteiger partial charge in [-0.25, -0.2) is 0 Å². The van der Waals surface area contributed by atoms with Crippen molar-refractivity contribution >= 4 is 0 Å². The van der Waals surface area contributed by atoms with Gasteiger partial charge in [-0.2, -0.15) is 0 Å². The zero-order valence-corrected chi connectivity index (χ0v) is 11.3. The Balaban J connectivity index is 2.64. The van der Waals surface area contributed by atoms with Gasteiger partial charge in [0, 0.05) is 5.56 Å². The minimum absolute atomic E-state index is 0.0590. The van der Waals surface area contributed by atoms with E-state index in [4.69, 9.17) is 4.74 Å². The summed E-state index contributed by atoms with van der Waals surface area (Å²) >= 11 is 0. The summed E-state index contributed by atoms with van der Waals surface area (Å²) in [6, 6.07) is 4.48. The van der Waals surface area contributed by atoms with Crippen molar-refractivity contribution in [2.24, 2.45) is 0 Å². The first-order valence-corrected chi connectivity index (χ1v) is 6.02. The van der Waals surface area contributed by atoms with Crippen molar-refractivity contribution in [2.75, 3.05) is 0 Å². The van der Waals surface area contributed by atoms with Crippen LogP contribution in [-0.4, -0.2) is 5.60 Å². The van der Waals surface area contributed by atoms with E-state index in [2.05, 4.69) is 53.7 Å². The van der Waals surface area contributed by atoms with Crippen LogP contribution in [0.2, 0.25) is 0 Å². The summed E-state index contributed by atoms with van der Waals surface area (Å²) < 4.78 is 6.14. The summed E-state index contributed by atoms with van der Waals surface area (Å²) in [4.78, 5) is 0. The highest BCUT2D eigenvalue weighted by atomic mass is 16.5. The van der Waals surface area contributed by atoms with Crippen molar-refractivity contribution in [3.05, 3.63) is 28.8 Å². The van der Waals surface area contributed by atoms with E-state index in [1.807, 2.05) is 0 Å². The second kappa shape index (κ2) is 3.26. The van der Waals surface area contributed by atoms with Crippen molar-refractivity contribution in [2.45, 2.75) is 59.0 Å². The number of rotatable bonds is 0. The van der Waals surface area contributed by atoms with E-state index in [0.29, 0.717) is 0 Å². The van der Waals surface area contributed by atoms with Gasteiger partial charge in [-0.05, 0) is 45.1 Å². The van der Waals surface area contributed by atoms with E-state index in [-0.39, 0.29) is 11.0 Å². The normalized spacial score (nSPS) is 21.1. The molecule has 0 unspecified atom stereocenters. The standard InChI is InChI=1S/C15H22O/c1-10-7-11(2)13-12(8-10)14(3,4)9-15(5,6)16-13/h7-8H,9H2,1-6H3. The quantitative estimate of drug-likeness (QED) is 0.636. The molecule has 0 N–H and O–H groups in total. The lowest BCUT2D eigenvalue weighted by Crippen LogP contribution is -2.41. The zero-order valence-electron chi connectivity index (χ0n) is 11.3. The van der Waals surface area contributed by atoms with Gasteiger partial charge in [0.2, 0.25) is 0 Å². The van der Waals surface area contributed by atoms with E-state index in [0.717, 1.165) is 12.2 Å². The molecule has 1 aliphatic rings. The zero-order chi connectivity index (χ0) is 12.1. The van der Waals surface area contributed by atoms with Crippen LogP contribution in [0.15, 0.2) is 12.1 Å². The van der Waals surface area contributed by atoms with Crippen LogP contribution in [0.4, 0.5) is 0 Å². The second-order valence-corrected chi connectivity index (χ2v) is 6.38. The Kier molecular flexibility index (Phi) is 2.34. The first-order valence-electron chi connectivity index (χ1n) is 6.02. The Morgan fingerprint density at radius 1 is 1.06 bits per heavy atom. The maximum absolute atomic E-state index is 6.14. The van der Waals surface area contributed by atoms with Crippen LogP contribution in [-0.2, 0) is 5.41 Å². The van der Waals surface area contributed by atoms with Crippen LogP contribution < -0.4 is 4.74 Å². The first-order chi connectivity index (χ1) is 7.21. The molecule has 1 heteroatoms. The summed E-state index contributed by atoms with van der Waals surface area (Å²) in [5, 5.41) is 0. The molecule has 1 aliphatic heterocycles. The molecule has 2 rings (SSSR count). The minimum Gasteiger partial charge on any atom is -0.487 e. The molecule has 0 saturated carbocycles. The second-order valence-electron chi connectivity index (χ2n) is 6.38. The first kappa shape index (κ1) is 11.5. The molecule has 16 heavy (non-hydrogen) atoms. The summed E-state index contributed by atoms with van der Waals surface area (Å²) in [7, 11) is 0. The molecule has 1 aromatic carbocycles. The van der Waals surface area contributed by atoms with Crippen molar-refractivity contribution in [1.82, 2.24) is 0 Å². The predicted molar refractivity (Wildman–Crippen MR) is 68.3 cm³/mol. The molecule has 0 saturated heterocycles. The lowest BCUT2D eigenvalue weighted by atomic mass is 9.73. The molecule has 0 bridgehead atoms. The van der Waals surface area contributed by atoms with Crippen molar-refractivity contribution in [3.8, 4) is 5.75 Å². The Labute approximate surface area is 98.8 Å². The molecule has 0 atom stereocenters. The number of hydrogen-bond donors (Lipinski definition) is 0. The molecular weight excluding hydrogens is 196 g/mol. The smallest absolute Gasteiger partial charge is 0.126 e. The highest BCUT2D eigenvalue weighted by Gasteiger charge is 2.39. The van der Waals surface area contributed by atoms with Crippen LogP contribution in [0, 0.1) is 13.8 Å². The third kappa shape index (κ3) is 1.83. The van der Waals surface area contributed by atoms with Crippen LogP contribution in [0.3, 0.4) is 0 Å². The lowest BCUT2D eigenvalue weighted by Gasteiger charge is -2.43. The fourth-order valence-electron chi connectivity index (χ4n) is 3.06. The van der Waals surface area contributed by atoms with Crippen LogP contribution in [0.1, 0.15) is 50.8 Å². The highest BCUT2D eigenvalue weighted by Crippen LogP contribution is 2.46. The number of hydrogen-bond acceptors (Lipinski definition) is 1. The third-order valence-electron chi connectivity index (χ3n) is 3.39. The van der Waals surface area contributed by atoms with Gasteiger partial charge in [-0.3, -0.25) is 0 Å². The molecule has 88 valence electrons. The Hall–Kier alpha value is -0.980. The molecule has 0 fully saturated rings. The summed E-state index contributed by atoms with van der Waals surface area (Å²) in [5.74, 6) is 1.10. The van der Waals surface area contributed by atoms with E-state index in [1.54, 1.807) is 0 Å². The van der Waals surface area contributed by atoms with Crippen LogP contribution in [0.5, 0.6) is 5.75 Å². The average Bonchev–Trinajstić information content (AvgIpc) is 2.05. The summed E-state index contributed by atoms with van der Waals surface area (Å²) in [5.41, 5.74) is 4.09. The topological polar surface area (TPSA) is 9.23 Å². The number of aryl methyl sites for hydroxylation is 2. The van der Waals surface area contributed by atoms with Gasteiger partial charge in [-0.1, -0.05) is 31.5 Å². The molecule has 0 spiro atoms. The molecule has 0 aromatic heterocycles. The van der Waals surface area contributed by atoms with Gasteiger partial charge in [0.1, 0.15) is 11.4 Å². The van der Waals surface area contributed by atoms with E-state index in [1.165, 1.54) is 16.7 Å². The van der Waals surface area contributed by atoms with Gasteiger partial charge in [0.25, 0.3) is 0 Å². The van der Waals surface area contributed by atoms with Crippen molar-refractivity contribution in [1.29, 1.82) is 0 Å². The molecule has 1 heterocycles. The van der Waals surface area contributed by atoms with Gasteiger partial charge in [0.15, 0.2) is 0 Å². The fraction of sp³-hybridized carbons (Fsp3) is 0.600. The van der Waals surface area contributed by atoms with Crippen molar-refractivity contribution < 1.29 is 4.74 Å². The molecule has 0 radical (unpaired) electrons. The molecule has 0 amide bonds. The Bertz CT molecular complexity index is 427. The van der Waals surface area contributed by atoms with E-state index in [9.17, 15) is 0 Å². The molecule has 1 nitrogen and oxygen atoms in total. The van der Waals surface area contributed by atoms with Crippen molar-refractivity contribution in [3.63, 3.8) is 0 Å². The number of fused-ring (bicyclic) bond motifs is 1. The number of benzene rings is 1. The van der Waals surface area contributed by atoms with Gasteiger partial charge < -0.3 is 4.74 Å². The Morgan fingerprint density at radius 2 is 1.69 bits per heavy atom. The van der Waals surface area contributed by atoms with E-state index >= 15 is 0 Å². The summed E-state index contributed by atoms with van der Waals surface area (Å²) in [6.07, 6.45) is 1.07. The SMILES string of the molecule is Cc1cc(C)c2c(c1)C(C)(C)CC(C)(C)O2. The monoisotopic (exact) mass is 218 g/mol. The van der Waals surface area contributed by atoms with Gasteiger partial charge in [-0.15, -0.1) is 0 Å². The van der Waals surface area contributed by atoms with Gasteiger partial charge in [0.05, 0.1) is 0 Å². The lowest BCUT2D eigenvalue weighted by molar-refractivity contribution is 0.0525. The predicted octanol–water partition coefficient (Wildman–Crippen LogP) is 4.14.